The van der Waals surface area contributed by atoms with E-state index in [9.17, 15) is 4.79 Å². The highest BCUT2D eigenvalue weighted by Crippen LogP contribution is 2.22. The Morgan fingerprint density at radius 1 is 1.11 bits per heavy atom. The van der Waals surface area contributed by atoms with Gasteiger partial charge in [0.1, 0.15) is 24.8 Å². The van der Waals surface area contributed by atoms with Crippen LogP contribution < -0.4 is 10.2 Å². The average molecular weight is 365 g/mol. The normalized spacial score (nSPS) is 14.9. The Hall–Kier alpha value is -3.43. The molecule has 1 saturated heterocycles. The molecule has 0 bridgehead atoms. The third kappa shape index (κ3) is 3.89. The smallest absolute Gasteiger partial charge is 0.228 e. The van der Waals surface area contributed by atoms with Gasteiger partial charge in [-0.3, -0.25) is 4.79 Å². The zero-order valence-electron chi connectivity index (χ0n) is 14.9. The Bertz CT molecular complexity index is 902. The lowest BCUT2D eigenvalue weighted by atomic mass is 9.96. The number of piperidine rings is 1. The van der Waals surface area contributed by atoms with Crippen LogP contribution >= 0.6 is 0 Å². The number of aryl methyl sites for hydroxylation is 1. The van der Waals surface area contributed by atoms with Gasteiger partial charge in [-0.05, 0) is 31.9 Å². The van der Waals surface area contributed by atoms with Crippen molar-refractivity contribution in [3.8, 4) is 5.82 Å². The Morgan fingerprint density at radius 2 is 1.96 bits per heavy atom. The van der Waals surface area contributed by atoms with Crippen molar-refractivity contribution in [3.05, 3.63) is 42.9 Å². The first-order chi connectivity index (χ1) is 13.2. The molecule has 1 aliphatic rings. The highest BCUT2D eigenvalue weighted by molar-refractivity contribution is 5.92. The molecule has 3 aromatic heterocycles. The van der Waals surface area contributed by atoms with Gasteiger partial charge in [0, 0.05) is 25.1 Å². The summed E-state index contributed by atoms with van der Waals surface area (Å²) in [5, 5.41) is 15.2. The molecule has 27 heavy (non-hydrogen) atoms. The van der Waals surface area contributed by atoms with E-state index in [4.69, 9.17) is 0 Å². The maximum Gasteiger partial charge on any atom is 0.228 e. The van der Waals surface area contributed by atoms with E-state index in [0.717, 1.165) is 37.4 Å². The molecule has 10 nitrogen and oxygen atoms in total. The van der Waals surface area contributed by atoms with Crippen LogP contribution in [0.15, 0.2) is 37.2 Å². The number of anilines is 2. The minimum atomic E-state index is -0.0653. The van der Waals surface area contributed by atoms with Gasteiger partial charge in [0.2, 0.25) is 5.91 Å². The van der Waals surface area contributed by atoms with E-state index in [1.54, 1.807) is 6.07 Å². The molecule has 3 aromatic rings. The van der Waals surface area contributed by atoms with Gasteiger partial charge in [-0.1, -0.05) is 0 Å². The molecule has 4 rings (SSSR count). The summed E-state index contributed by atoms with van der Waals surface area (Å²) in [7, 11) is 0. The fraction of sp³-hybridized carbons (Fsp3) is 0.353. The first kappa shape index (κ1) is 17.0. The van der Waals surface area contributed by atoms with Crippen molar-refractivity contribution in [1.29, 1.82) is 0 Å². The van der Waals surface area contributed by atoms with Crippen LogP contribution in [0.25, 0.3) is 5.82 Å². The number of aromatic nitrogens is 7. The van der Waals surface area contributed by atoms with Crippen molar-refractivity contribution >= 4 is 17.5 Å². The second kappa shape index (κ2) is 7.44. The Balaban J connectivity index is 1.36. The van der Waals surface area contributed by atoms with Gasteiger partial charge in [0.05, 0.1) is 5.69 Å². The lowest BCUT2D eigenvalue weighted by molar-refractivity contribution is -0.120. The summed E-state index contributed by atoms with van der Waals surface area (Å²) in [5.41, 5.74) is 0.892. The predicted octanol–water partition coefficient (Wildman–Crippen LogP) is 1.01. The number of carbonyl (C=O) groups excluding carboxylic acids is 1. The molecular formula is C17H19N9O. The molecule has 10 heteroatoms. The van der Waals surface area contributed by atoms with Crippen molar-refractivity contribution in [2.75, 3.05) is 23.3 Å². The highest BCUT2D eigenvalue weighted by atomic mass is 16.2. The van der Waals surface area contributed by atoms with E-state index < -0.39 is 0 Å². The molecular weight excluding hydrogens is 346 g/mol. The van der Waals surface area contributed by atoms with Crippen LogP contribution in [-0.4, -0.2) is 53.9 Å². The third-order valence-electron chi connectivity index (χ3n) is 4.53. The number of rotatable bonds is 4. The van der Waals surface area contributed by atoms with Crippen LogP contribution in [0.1, 0.15) is 18.5 Å². The fourth-order valence-corrected chi connectivity index (χ4v) is 3.03. The summed E-state index contributed by atoms with van der Waals surface area (Å²) in [6.07, 6.45) is 5.86. The first-order valence-electron chi connectivity index (χ1n) is 8.72. The fourth-order valence-electron chi connectivity index (χ4n) is 3.03. The summed E-state index contributed by atoms with van der Waals surface area (Å²) >= 11 is 0. The van der Waals surface area contributed by atoms with Crippen LogP contribution in [0.3, 0.4) is 0 Å². The Labute approximate surface area is 155 Å². The van der Waals surface area contributed by atoms with Crippen molar-refractivity contribution in [3.63, 3.8) is 0 Å². The monoisotopic (exact) mass is 365 g/mol. The molecule has 4 heterocycles. The van der Waals surface area contributed by atoms with Gasteiger partial charge in [-0.2, -0.15) is 10.2 Å². The molecule has 1 amide bonds. The molecule has 1 aliphatic heterocycles. The lowest BCUT2D eigenvalue weighted by Gasteiger charge is -2.31. The molecule has 1 fully saturated rings. The number of amides is 1. The molecule has 0 aromatic carbocycles. The number of hydrogen-bond donors (Lipinski definition) is 1. The maximum atomic E-state index is 12.6. The minimum absolute atomic E-state index is 0.0344. The van der Waals surface area contributed by atoms with E-state index in [1.807, 2.05) is 19.1 Å². The second-order valence-corrected chi connectivity index (χ2v) is 6.38. The van der Waals surface area contributed by atoms with Crippen molar-refractivity contribution in [1.82, 2.24) is 34.9 Å². The highest BCUT2D eigenvalue weighted by Gasteiger charge is 2.26. The number of hydrogen-bond acceptors (Lipinski definition) is 8. The lowest BCUT2D eigenvalue weighted by Crippen LogP contribution is -2.38. The van der Waals surface area contributed by atoms with Gasteiger partial charge in [-0.15, -0.1) is 5.10 Å². The van der Waals surface area contributed by atoms with E-state index >= 15 is 0 Å². The average Bonchev–Trinajstić information content (AvgIpc) is 3.24. The van der Waals surface area contributed by atoms with Crippen molar-refractivity contribution < 1.29 is 4.79 Å². The first-order valence-corrected chi connectivity index (χ1v) is 8.72. The molecule has 0 saturated carbocycles. The zero-order valence-corrected chi connectivity index (χ0v) is 14.9. The molecule has 0 aliphatic carbocycles. The topological polar surface area (TPSA) is 115 Å². The third-order valence-corrected chi connectivity index (χ3v) is 4.53. The maximum absolute atomic E-state index is 12.6. The van der Waals surface area contributed by atoms with Gasteiger partial charge in [0.25, 0.3) is 0 Å². The summed E-state index contributed by atoms with van der Waals surface area (Å²) < 4.78 is 1.51. The van der Waals surface area contributed by atoms with Crippen molar-refractivity contribution in [2.24, 2.45) is 5.92 Å². The quantitative estimate of drug-likeness (QED) is 0.728. The van der Waals surface area contributed by atoms with Crippen LogP contribution in [0.2, 0.25) is 0 Å². The SMILES string of the molecule is Cc1ccc(N2CCC(C(=O)Nc3cc(-n4cncn4)ncn3)CC2)nn1. The van der Waals surface area contributed by atoms with E-state index in [1.165, 1.54) is 23.7 Å². The Morgan fingerprint density at radius 3 is 2.67 bits per heavy atom. The van der Waals surface area contributed by atoms with E-state index in [-0.39, 0.29) is 11.8 Å². The van der Waals surface area contributed by atoms with Gasteiger partial charge >= 0.3 is 0 Å². The summed E-state index contributed by atoms with van der Waals surface area (Å²) in [6.45, 7) is 3.45. The van der Waals surface area contributed by atoms with Crippen LogP contribution in [0.4, 0.5) is 11.6 Å². The summed E-state index contributed by atoms with van der Waals surface area (Å²) in [6, 6.07) is 5.59. The van der Waals surface area contributed by atoms with Crippen molar-refractivity contribution in [2.45, 2.75) is 19.8 Å². The van der Waals surface area contributed by atoms with Gasteiger partial charge < -0.3 is 10.2 Å². The molecule has 138 valence electrons. The summed E-state index contributed by atoms with van der Waals surface area (Å²) in [4.78, 5) is 26.9. The van der Waals surface area contributed by atoms with Crippen LogP contribution in [0, 0.1) is 12.8 Å². The van der Waals surface area contributed by atoms with E-state index in [0.29, 0.717) is 11.6 Å². The van der Waals surface area contributed by atoms with E-state index in [2.05, 4.69) is 40.5 Å². The zero-order chi connectivity index (χ0) is 18.6. The second-order valence-electron chi connectivity index (χ2n) is 6.38. The molecule has 0 unspecified atom stereocenters. The molecule has 0 atom stereocenters. The number of carbonyl (C=O) groups is 1. The molecule has 0 radical (unpaired) electrons. The number of nitrogens with one attached hydrogen (secondary N) is 1. The van der Waals surface area contributed by atoms with Crippen LogP contribution in [0.5, 0.6) is 0 Å². The largest absolute Gasteiger partial charge is 0.355 e. The van der Waals surface area contributed by atoms with Gasteiger partial charge in [0.15, 0.2) is 11.6 Å². The van der Waals surface area contributed by atoms with Gasteiger partial charge in [-0.25, -0.2) is 19.6 Å². The molecule has 1 N–H and O–H groups in total. The van der Waals surface area contributed by atoms with Crippen LogP contribution in [-0.2, 0) is 4.79 Å². The minimum Gasteiger partial charge on any atom is -0.355 e. The standard InChI is InChI=1S/C17H19N9O/c1-12-2-3-15(24-23-12)25-6-4-13(5-7-25)17(27)22-14-8-16(20-10-19-14)26-11-18-9-21-26/h2-3,8-11,13H,4-7H2,1H3,(H,19,20,22,27). The molecule has 0 spiro atoms. The number of nitrogens with zero attached hydrogens (tertiary/aromatic N) is 8. The summed E-state index contributed by atoms with van der Waals surface area (Å²) in [5.74, 6) is 1.75. The Kier molecular flexibility index (Phi) is 4.69. The predicted molar refractivity (Wildman–Crippen MR) is 97.3 cm³/mol.